The molecule has 0 radical (unpaired) electrons. The van der Waals surface area contributed by atoms with Gasteiger partial charge in [-0.15, -0.1) is 0 Å². The zero-order valence-electron chi connectivity index (χ0n) is 18.8. The van der Waals surface area contributed by atoms with E-state index in [4.69, 9.17) is 4.74 Å². The van der Waals surface area contributed by atoms with E-state index in [1.165, 1.54) is 4.90 Å². The van der Waals surface area contributed by atoms with Gasteiger partial charge in [0.05, 0.1) is 6.54 Å². The molecule has 0 atom stereocenters. The van der Waals surface area contributed by atoms with E-state index in [9.17, 15) is 9.59 Å². The van der Waals surface area contributed by atoms with Crippen LogP contribution in [0.4, 0.5) is 4.79 Å². The van der Waals surface area contributed by atoms with Gasteiger partial charge in [-0.25, -0.2) is 4.79 Å². The second kappa shape index (κ2) is 9.24. The van der Waals surface area contributed by atoms with Crippen LogP contribution in [0.2, 0.25) is 0 Å². The molecule has 1 heterocycles. The Bertz CT molecular complexity index is 1420. The SMILES string of the molecule is Cc1cccc(CN2C(=O)N/C(=C/c3ccccc3OCc3cccc4ccccc34)C2=O)c1. The lowest BCUT2D eigenvalue weighted by molar-refractivity contribution is -0.123. The minimum Gasteiger partial charge on any atom is -0.488 e. The van der Waals surface area contributed by atoms with E-state index in [0.29, 0.717) is 12.4 Å². The molecule has 5 heteroatoms. The Morgan fingerprint density at radius 3 is 2.53 bits per heavy atom. The maximum atomic E-state index is 13.0. The van der Waals surface area contributed by atoms with Crippen molar-refractivity contribution in [2.45, 2.75) is 20.1 Å². The van der Waals surface area contributed by atoms with Gasteiger partial charge in [0.15, 0.2) is 0 Å². The van der Waals surface area contributed by atoms with Crippen molar-refractivity contribution in [3.05, 3.63) is 119 Å². The minimum absolute atomic E-state index is 0.225. The Balaban J connectivity index is 1.36. The summed E-state index contributed by atoms with van der Waals surface area (Å²) in [6.45, 7) is 2.60. The maximum absolute atomic E-state index is 13.0. The highest BCUT2D eigenvalue weighted by molar-refractivity contribution is 6.14. The fraction of sp³-hybridized carbons (Fsp3) is 0.103. The lowest BCUT2D eigenvalue weighted by atomic mass is 10.1. The summed E-state index contributed by atoms with van der Waals surface area (Å²) in [4.78, 5) is 26.7. The van der Waals surface area contributed by atoms with Crippen LogP contribution < -0.4 is 10.1 Å². The number of para-hydroxylation sites is 1. The smallest absolute Gasteiger partial charge is 0.329 e. The van der Waals surface area contributed by atoms with Crippen LogP contribution >= 0.6 is 0 Å². The molecule has 1 aliphatic rings. The molecule has 1 aliphatic heterocycles. The fourth-order valence-electron chi connectivity index (χ4n) is 4.17. The number of fused-ring (bicyclic) bond motifs is 1. The van der Waals surface area contributed by atoms with E-state index in [2.05, 4.69) is 23.5 Å². The van der Waals surface area contributed by atoms with Crippen LogP contribution in [0.25, 0.3) is 16.8 Å². The number of ether oxygens (including phenoxy) is 1. The molecule has 5 nitrogen and oxygen atoms in total. The number of hydrogen-bond acceptors (Lipinski definition) is 3. The number of carbonyl (C=O) groups excluding carboxylic acids is 2. The van der Waals surface area contributed by atoms with Gasteiger partial charge in [0.1, 0.15) is 18.1 Å². The van der Waals surface area contributed by atoms with E-state index in [1.807, 2.05) is 79.7 Å². The van der Waals surface area contributed by atoms with Crippen LogP contribution in [0.1, 0.15) is 22.3 Å². The molecule has 5 rings (SSSR count). The van der Waals surface area contributed by atoms with Crippen molar-refractivity contribution in [2.75, 3.05) is 0 Å². The summed E-state index contributed by atoms with van der Waals surface area (Å²) in [6, 6.07) is 29.2. The zero-order valence-corrected chi connectivity index (χ0v) is 18.8. The molecule has 1 N–H and O–H groups in total. The summed E-state index contributed by atoms with van der Waals surface area (Å²) in [7, 11) is 0. The Hall–Kier alpha value is -4.38. The van der Waals surface area contributed by atoms with Gasteiger partial charge < -0.3 is 10.1 Å². The van der Waals surface area contributed by atoms with Gasteiger partial charge in [-0.2, -0.15) is 0 Å². The second-order valence-corrected chi connectivity index (χ2v) is 8.33. The largest absolute Gasteiger partial charge is 0.488 e. The highest BCUT2D eigenvalue weighted by atomic mass is 16.5. The molecular weight excluding hydrogens is 424 g/mol. The van der Waals surface area contributed by atoms with Crippen LogP contribution in [-0.4, -0.2) is 16.8 Å². The lowest BCUT2D eigenvalue weighted by Gasteiger charge is -2.12. The molecule has 0 unspecified atom stereocenters. The van der Waals surface area contributed by atoms with Gasteiger partial charge in [0, 0.05) is 5.56 Å². The Morgan fingerprint density at radius 1 is 0.882 bits per heavy atom. The molecule has 34 heavy (non-hydrogen) atoms. The number of amides is 3. The van der Waals surface area contributed by atoms with Gasteiger partial charge in [-0.1, -0.05) is 90.5 Å². The van der Waals surface area contributed by atoms with Crippen LogP contribution in [0, 0.1) is 6.92 Å². The highest BCUT2D eigenvalue weighted by Crippen LogP contribution is 2.26. The Morgan fingerprint density at radius 2 is 1.65 bits per heavy atom. The first-order chi connectivity index (χ1) is 16.6. The minimum atomic E-state index is -0.424. The molecule has 0 saturated carbocycles. The first-order valence-corrected chi connectivity index (χ1v) is 11.2. The lowest BCUT2D eigenvalue weighted by Crippen LogP contribution is -2.30. The zero-order chi connectivity index (χ0) is 23.5. The van der Waals surface area contributed by atoms with E-state index in [0.717, 1.165) is 33.0 Å². The van der Waals surface area contributed by atoms with E-state index < -0.39 is 6.03 Å². The molecule has 4 aromatic carbocycles. The summed E-state index contributed by atoms with van der Waals surface area (Å²) in [5.41, 5.74) is 4.03. The molecular formula is C29H24N2O3. The number of imide groups is 1. The van der Waals surface area contributed by atoms with Gasteiger partial charge in [-0.3, -0.25) is 9.69 Å². The fourth-order valence-corrected chi connectivity index (χ4v) is 4.17. The van der Waals surface area contributed by atoms with Crippen molar-refractivity contribution in [3.8, 4) is 5.75 Å². The Labute approximate surface area is 198 Å². The third-order valence-electron chi connectivity index (χ3n) is 5.87. The van der Waals surface area contributed by atoms with Gasteiger partial charge >= 0.3 is 6.03 Å². The normalized spacial score (nSPS) is 14.6. The third kappa shape index (κ3) is 4.41. The highest BCUT2D eigenvalue weighted by Gasteiger charge is 2.33. The first kappa shape index (κ1) is 21.5. The molecule has 1 saturated heterocycles. The topological polar surface area (TPSA) is 58.6 Å². The third-order valence-corrected chi connectivity index (χ3v) is 5.87. The van der Waals surface area contributed by atoms with Gasteiger partial charge in [0.2, 0.25) is 0 Å². The number of carbonyl (C=O) groups is 2. The molecule has 0 bridgehead atoms. The molecule has 0 aromatic heterocycles. The predicted octanol–water partition coefficient (Wildman–Crippen LogP) is 5.82. The monoisotopic (exact) mass is 448 g/mol. The standard InChI is InChI=1S/C29H24N2O3/c1-20-8-6-9-21(16-20)18-31-28(32)26(30-29(31)33)17-23-11-3-5-15-27(23)34-19-24-13-7-12-22-10-2-4-14-25(22)24/h2-17H,18-19H2,1H3,(H,30,33)/b26-17+. The summed E-state index contributed by atoms with van der Waals surface area (Å²) in [6.07, 6.45) is 1.68. The van der Waals surface area contributed by atoms with Crippen LogP contribution in [-0.2, 0) is 17.9 Å². The maximum Gasteiger partial charge on any atom is 0.329 e. The summed E-state index contributed by atoms with van der Waals surface area (Å²) < 4.78 is 6.16. The average molecular weight is 449 g/mol. The molecule has 4 aromatic rings. The van der Waals surface area contributed by atoms with Crippen molar-refractivity contribution in [1.29, 1.82) is 0 Å². The molecule has 3 amide bonds. The molecule has 168 valence electrons. The summed E-state index contributed by atoms with van der Waals surface area (Å²) >= 11 is 0. The van der Waals surface area contributed by atoms with Crippen molar-refractivity contribution in [2.24, 2.45) is 0 Å². The van der Waals surface area contributed by atoms with Crippen molar-refractivity contribution in [1.82, 2.24) is 10.2 Å². The first-order valence-electron chi connectivity index (χ1n) is 11.2. The van der Waals surface area contributed by atoms with Crippen LogP contribution in [0.5, 0.6) is 5.75 Å². The number of benzene rings is 4. The second-order valence-electron chi connectivity index (χ2n) is 8.33. The number of nitrogens with one attached hydrogen (secondary N) is 1. The molecule has 1 fully saturated rings. The number of urea groups is 1. The van der Waals surface area contributed by atoms with E-state index >= 15 is 0 Å². The number of hydrogen-bond donors (Lipinski definition) is 1. The molecule has 0 aliphatic carbocycles. The van der Waals surface area contributed by atoms with E-state index in [-0.39, 0.29) is 18.1 Å². The number of aryl methyl sites for hydroxylation is 1. The quantitative estimate of drug-likeness (QED) is 0.299. The van der Waals surface area contributed by atoms with Crippen LogP contribution in [0.15, 0.2) is 96.7 Å². The van der Waals surface area contributed by atoms with Crippen molar-refractivity contribution in [3.63, 3.8) is 0 Å². The van der Waals surface area contributed by atoms with Crippen LogP contribution in [0.3, 0.4) is 0 Å². The van der Waals surface area contributed by atoms with Crippen molar-refractivity contribution < 1.29 is 14.3 Å². The average Bonchev–Trinajstić information content (AvgIpc) is 3.11. The van der Waals surface area contributed by atoms with E-state index in [1.54, 1.807) is 6.08 Å². The summed E-state index contributed by atoms with van der Waals surface area (Å²) in [5.74, 6) is 0.289. The van der Waals surface area contributed by atoms with Gasteiger partial charge in [-0.05, 0) is 41.0 Å². The Kier molecular flexibility index (Phi) is 5.83. The van der Waals surface area contributed by atoms with Crippen molar-refractivity contribution >= 4 is 28.8 Å². The summed E-state index contributed by atoms with van der Waals surface area (Å²) in [5, 5.41) is 5.01. The van der Waals surface area contributed by atoms with Gasteiger partial charge in [0.25, 0.3) is 5.91 Å². The number of nitrogens with zero attached hydrogens (tertiary/aromatic N) is 1. The predicted molar refractivity (Wildman–Crippen MR) is 133 cm³/mol. The number of rotatable bonds is 6. The molecule has 0 spiro atoms.